The van der Waals surface area contributed by atoms with Crippen molar-refractivity contribution in [2.75, 3.05) is 5.73 Å². The maximum absolute atomic E-state index is 11.8. The smallest absolute Gasteiger partial charge is 0.254 e. The number of aromatic nitrogens is 2. The van der Waals surface area contributed by atoms with Crippen LogP contribution in [0.25, 0.3) is 12.2 Å². The first-order valence-electron chi connectivity index (χ1n) is 7.76. The molecule has 0 bridgehead atoms. The van der Waals surface area contributed by atoms with Gasteiger partial charge in [-0.3, -0.25) is 9.36 Å². The fourth-order valence-corrected chi connectivity index (χ4v) is 2.47. The molecular weight excluding hydrogens is 298 g/mol. The van der Waals surface area contributed by atoms with Gasteiger partial charge in [-0.1, -0.05) is 66.7 Å². The molecule has 3 aromatic rings. The van der Waals surface area contributed by atoms with Crippen LogP contribution in [0.4, 0.5) is 5.95 Å². The fourth-order valence-electron chi connectivity index (χ4n) is 2.47. The van der Waals surface area contributed by atoms with E-state index >= 15 is 0 Å². The summed E-state index contributed by atoms with van der Waals surface area (Å²) in [6.45, 7) is 0. The molecule has 0 fully saturated rings. The minimum atomic E-state index is -0.141. The number of nitrogen functional groups attached to an aromatic ring is 1. The molecule has 120 valence electrons. The van der Waals surface area contributed by atoms with Gasteiger partial charge in [0, 0.05) is 19.5 Å². The highest BCUT2D eigenvalue weighted by Crippen LogP contribution is 2.13. The summed E-state index contributed by atoms with van der Waals surface area (Å²) in [7, 11) is 1.61. The molecule has 0 saturated carbocycles. The van der Waals surface area contributed by atoms with E-state index in [1.165, 1.54) is 10.6 Å². The van der Waals surface area contributed by atoms with Gasteiger partial charge in [0.05, 0.1) is 5.69 Å². The van der Waals surface area contributed by atoms with Crippen LogP contribution < -0.4 is 11.3 Å². The summed E-state index contributed by atoms with van der Waals surface area (Å²) in [5.74, 6) is 0.234. The van der Waals surface area contributed by atoms with Crippen LogP contribution in [-0.2, 0) is 13.5 Å². The van der Waals surface area contributed by atoms with Crippen LogP contribution in [0.1, 0.15) is 22.4 Å². The average molecular weight is 317 g/mol. The summed E-state index contributed by atoms with van der Waals surface area (Å²) >= 11 is 0. The molecule has 2 N–H and O–H groups in total. The predicted molar refractivity (Wildman–Crippen MR) is 98.5 cm³/mol. The maximum Gasteiger partial charge on any atom is 0.254 e. The molecule has 1 heterocycles. The maximum atomic E-state index is 11.8. The number of rotatable bonds is 4. The van der Waals surface area contributed by atoms with E-state index in [1.807, 2.05) is 30.3 Å². The van der Waals surface area contributed by atoms with Gasteiger partial charge in [0.25, 0.3) is 5.56 Å². The van der Waals surface area contributed by atoms with E-state index in [0.29, 0.717) is 12.1 Å². The van der Waals surface area contributed by atoms with Gasteiger partial charge >= 0.3 is 0 Å². The van der Waals surface area contributed by atoms with Gasteiger partial charge in [-0.05, 0) is 16.7 Å². The zero-order chi connectivity index (χ0) is 16.9. The summed E-state index contributed by atoms with van der Waals surface area (Å²) in [6, 6.07) is 19.9. The Morgan fingerprint density at radius 1 is 1.00 bits per heavy atom. The Balaban J connectivity index is 1.81. The quantitative estimate of drug-likeness (QED) is 0.752. The highest BCUT2D eigenvalue weighted by Gasteiger charge is 2.04. The SMILES string of the molecule is Cn1c(N)nc(Cc2cccc(C=Cc3ccccc3)c2)cc1=O. The topological polar surface area (TPSA) is 60.9 Å². The van der Waals surface area contributed by atoms with Crippen molar-refractivity contribution in [1.29, 1.82) is 0 Å². The van der Waals surface area contributed by atoms with Crippen LogP contribution in [0.15, 0.2) is 65.5 Å². The van der Waals surface area contributed by atoms with Crippen molar-refractivity contribution in [3.05, 3.63) is 93.4 Å². The Kier molecular flexibility index (Phi) is 4.57. The van der Waals surface area contributed by atoms with Crippen molar-refractivity contribution >= 4 is 18.1 Å². The standard InChI is InChI=1S/C20H19N3O/c1-23-19(24)14-18(22-20(23)21)13-17-9-5-8-16(12-17)11-10-15-6-3-2-4-7-15/h2-12,14H,13H2,1H3,(H2,21,22). The van der Waals surface area contributed by atoms with Crippen LogP contribution in [0.5, 0.6) is 0 Å². The Hall–Kier alpha value is -3.14. The highest BCUT2D eigenvalue weighted by atomic mass is 16.1. The third kappa shape index (κ3) is 3.79. The summed E-state index contributed by atoms with van der Waals surface area (Å²) in [5, 5.41) is 0. The molecule has 0 spiro atoms. The van der Waals surface area contributed by atoms with E-state index in [-0.39, 0.29) is 11.5 Å². The van der Waals surface area contributed by atoms with Crippen molar-refractivity contribution < 1.29 is 0 Å². The van der Waals surface area contributed by atoms with Gasteiger partial charge in [0.15, 0.2) is 0 Å². The van der Waals surface area contributed by atoms with Gasteiger partial charge < -0.3 is 5.73 Å². The van der Waals surface area contributed by atoms with Crippen molar-refractivity contribution in [3.63, 3.8) is 0 Å². The van der Waals surface area contributed by atoms with Gasteiger partial charge in [-0.25, -0.2) is 4.98 Å². The van der Waals surface area contributed by atoms with Gasteiger partial charge in [-0.2, -0.15) is 0 Å². The number of anilines is 1. The third-order valence-corrected chi connectivity index (χ3v) is 3.83. The van der Waals surface area contributed by atoms with Gasteiger partial charge in [0.1, 0.15) is 0 Å². The van der Waals surface area contributed by atoms with Crippen LogP contribution in [-0.4, -0.2) is 9.55 Å². The normalized spacial score (nSPS) is 11.0. The summed E-state index contributed by atoms with van der Waals surface area (Å²) < 4.78 is 1.34. The Bertz CT molecular complexity index is 927. The molecule has 0 aliphatic rings. The second kappa shape index (κ2) is 6.96. The van der Waals surface area contributed by atoms with Crippen molar-refractivity contribution in [2.45, 2.75) is 6.42 Å². The molecule has 2 aromatic carbocycles. The number of hydrogen-bond acceptors (Lipinski definition) is 3. The highest BCUT2D eigenvalue weighted by molar-refractivity contribution is 5.69. The zero-order valence-electron chi connectivity index (χ0n) is 13.5. The number of benzene rings is 2. The molecule has 0 aliphatic carbocycles. The van der Waals surface area contributed by atoms with Crippen LogP contribution in [0.2, 0.25) is 0 Å². The first-order chi connectivity index (χ1) is 11.6. The lowest BCUT2D eigenvalue weighted by atomic mass is 10.1. The van der Waals surface area contributed by atoms with Crippen molar-refractivity contribution in [2.24, 2.45) is 7.05 Å². The summed E-state index contributed by atoms with van der Waals surface area (Å²) in [5.41, 5.74) is 9.65. The van der Waals surface area contributed by atoms with Crippen molar-refractivity contribution in [3.8, 4) is 0 Å². The molecule has 0 amide bonds. The minimum absolute atomic E-state index is 0.141. The molecule has 0 unspecified atom stereocenters. The predicted octanol–water partition coefficient (Wildman–Crippen LogP) is 3.12. The number of nitrogens with zero attached hydrogens (tertiary/aromatic N) is 2. The molecule has 1 aromatic heterocycles. The van der Waals surface area contributed by atoms with E-state index in [4.69, 9.17) is 5.73 Å². The van der Waals surface area contributed by atoms with E-state index in [1.54, 1.807) is 7.05 Å². The zero-order valence-corrected chi connectivity index (χ0v) is 13.5. The Labute approximate surface area is 140 Å². The molecule has 0 aliphatic heterocycles. The largest absolute Gasteiger partial charge is 0.369 e. The van der Waals surface area contributed by atoms with E-state index in [0.717, 1.165) is 16.7 Å². The summed E-state index contributed by atoms with van der Waals surface area (Å²) in [4.78, 5) is 16.1. The number of nitrogens with two attached hydrogens (primary N) is 1. The molecule has 0 radical (unpaired) electrons. The van der Waals surface area contributed by atoms with E-state index in [2.05, 4.69) is 41.4 Å². The second-order valence-corrected chi connectivity index (χ2v) is 5.67. The Morgan fingerprint density at radius 3 is 2.46 bits per heavy atom. The lowest BCUT2D eigenvalue weighted by Gasteiger charge is -2.06. The molecule has 24 heavy (non-hydrogen) atoms. The number of hydrogen-bond donors (Lipinski definition) is 1. The molecule has 4 heteroatoms. The van der Waals surface area contributed by atoms with Crippen molar-refractivity contribution in [1.82, 2.24) is 9.55 Å². The summed E-state index contributed by atoms with van der Waals surface area (Å²) in [6.07, 6.45) is 4.73. The lowest BCUT2D eigenvalue weighted by Crippen LogP contribution is -2.21. The molecule has 3 rings (SSSR count). The Morgan fingerprint density at radius 2 is 1.71 bits per heavy atom. The van der Waals surface area contributed by atoms with Gasteiger partial charge in [-0.15, -0.1) is 0 Å². The first-order valence-corrected chi connectivity index (χ1v) is 7.76. The molecule has 0 saturated heterocycles. The van der Waals surface area contributed by atoms with Crippen LogP contribution in [0.3, 0.4) is 0 Å². The third-order valence-electron chi connectivity index (χ3n) is 3.83. The van der Waals surface area contributed by atoms with Gasteiger partial charge in [0.2, 0.25) is 5.95 Å². The van der Waals surface area contributed by atoms with Crippen LogP contribution in [0, 0.1) is 0 Å². The molecule has 4 nitrogen and oxygen atoms in total. The lowest BCUT2D eigenvalue weighted by molar-refractivity contribution is 0.825. The van der Waals surface area contributed by atoms with E-state index in [9.17, 15) is 4.79 Å². The fraction of sp³-hybridized carbons (Fsp3) is 0.100. The monoisotopic (exact) mass is 317 g/mol. The first kappa shape index (κ1) is 15.7. The average Bonchev–Trinajstić information content (AvgIpc) is 2.59. The second-order valence-electron chi connectivity index (χ2n) is 5.67. The van der Waals surface area contributed by atoms with E-state index < -0.39 is 0 Å². The molecule has 0 atom stereocenters. The van der Waals surface area contributed by atoms with Crippen LogP contribution >= 0.6 is 0 Å². The minimum Gasteiger partial charge on any atom is -0.369 e. The molecular formula is C20H19N3O.